The molecule has 0 fully saturated rings. The lowest BCUT2D eigenvalue weighted by molar-refractivity contribution is -0.118. The van der Waals surface area contributed by atoms with Crippen molar-refractivity contribution in [2.24, 2.45) is 0 Å². The zero-order chi connectivity index (χ0) is 12.8. The van der Waals surface area contributed by atoms with Gasteiger partial charge >= 0.3 is 0 Å². The molecule has 0 aliphatic rings. The van der Waals surface area contributed by atoms with E-state index in [2.05, 4.69) is 25.9 Å². The van der Waals surface area contributed by atoms with Crippen molar-refractivity contribution < 1.29 is 4.79 Å². The summed E-state index contributed by atoms with van der Waals surface area (Å²) in [6, 6.07) is 0. The van der Waals surface area contributed by atoms with E-state index in [-0.39, 0.29) is 12.5 Å². The molecule has 94 valence electrons. The molecule has 0 saturated heterocycles. The molecule has 1 amide bonds. The fourth-order valence-electron chi connectivity index (χ4n) is 1.39. The van der Waals surface area contributed by atoms with Crippen LogP contribution in [0, 0.1) is 13.8 Å². The maximum atomic E-state index is 11.2. The van der Waals surface area contributed by atoms with Gasteiger partial charge in [0, 0.05) is 19.2 Å². The predicted octanol–water partition coefficient (Wildman–Crippen LogP) is 0.683. The van der Waals surface area contributed by atoms with E-state index < -0.39 is 0 Å². The van der Waals surface area contributed by atoms with Crippen molar-refractivity contribution in [1.82, 2.24) is 15.3 Å². The molecule has 0 aliphatic carbocycles. The lowest BCUT2D eigenvalue weighted by Crippen LogP contribution is -2.27. The molecular formula is C11H19N5O. The van der Waals surface area contributed by atoms with Gasteiger partial charge in [0.15, 0.2) is 0 Å². The third kappa shape index (κ3) is 3.58. The largest absolute Gasteiger partial charge is 0.370 e. The Morgan fingerprint density at radius 2 is 1.76 bits per heavy atom. The summed E-state index contributed by atoms with van der Waals surface area (Å²) in [7, 11) is 1.60. The van der Waals surface area contributed by atoms with Crippen LogP contribution in [0.15, 0.2) is 0 Å². The van der Waals surface area contributed by atoms with Crippen molar-refractivity contribution in [3.05, 3.63) is 11.4 Å². The maximum absolute atomic E-state index is 11.2. The molecule has 1 aromatic rings. The first kappa shape index (κ1) is 13.2. The summed E-state index contributed by atoms with van der Waals surface area (Å²) in [6.45, 7) is 6.76. The molecule has 6 heteroatoms. The standard InChI is InChI=1S/C11H19N5O/c1-5-13-10-7(2)11(16-8(3)15-10)14-6-9(17)12-4/h5-6H2,1-4H3,(H,12,17)(H2,13,14,15,16). The summed E-state index contributed by atoms with van der Waals surface area (Å²) in [6.07, 6.45) is 0. The van der Waals surface area contributed by atoms with Crippen LogP contribution in [0.2, 0.25) is 0 Å². The van der Waals surface area contributed by atoms with Gasteiger partial charge in [0.05, 0.1) is 6.54 Å². The van der Waals surface area contributed by atoms with Gasteiger partial charge in [-0.05, 0) is 20.8 Å². The number of likely N-dealkylation sites (N-methyl/N-ethyl adjacent to an activating group) is 1. The van der Waals surface area contributed by atoms with Crippen LogP contribution in [0.4, 0.5) is 11.6 Å². The van der Waals surface area contributed by atoms with Gasteiger partial charge in [-0.15, -0.1) is 0 Å². The van der Waals surface area contributed by atoms with E-state index in [1.807, 2.05) is 20.8 Å². The van der Waals surface area contributed by atoms with Crippen molar-refractivity contribution in [2.45, 2.75) is 20.8 Å². The number of nitrogens with zero attached hydrogens (tertiary/aromatic N) is 2. The third-order valence-corrected chi connectivity index (χ3v) is 2.30. The minimum Gasteiger partial charge on any atom is -0.370 e. The molecule has 0 radical (unpaired) electrons. The van der Waals surface area contributed by atoms with Gasteiger partial charge in [-0.25, -0.2) is 9.97 Å². The number of amides is 1. The van der Waals surface area contributed by atoms with Gasteiger partial charge < -0.3 is 16.0 Å². The number of carbonyl (C=O) groups is 1. The molecule has 1 heterocycles. The van der Waals surface area contributed by atoms with E-state index in [9.17, 15) is 4.79 Å². The smallest absolute Gasteiger partial charge is 0.239 e. The van der Waals surface area contributed by atoms with E-state index in [4.69, 9.17) is 0 Å². The number of hydrogen-bond donors (Lipinski definition) is 3. The fraction of sp³-hybridized carbons (Fsp3) is 0.545. The highest BCUT2D eigenvalue weighted by atomic mass is 16.1. The molecule has 0 atom stereocenters. The van der Waals surface area contributed by atoms with Gasteiger partial charge in [-0.3, -0.25) is 4.79 Å². The highest BCUT2D eigenvalue weighted by Gasteiger charge is 2.09. The summed E-state index contributed by atoms with van der Waals surface area (Å²) >= 11 is 0. The normalized spacial score (nSPS) is 9.88. The van der Waals surface area contributed by atoms with E-state index in [1.54, 1.807) is 7.05 Å². The molecule has 3 N–H and O–H groups in total. The van der Waals surface area contributed by atoms with E-state index in [0.29, 0.717) is 11.6 Å². The number of aromatic nitrogens is 2. The Labute approximate surface area is 101 Å². The molecule has 1 aromatic heterocycles. The van der Waals surface area contributed by atoms with E-state index in [0.717, 1.165) is 17.9 Å². The van der Waals surface area contributed by atoms with Crippen LogP contribution in [-0.4, -0.2) is 36.0 Å². The average molecular weight is 237 g/mol. The summed E-state index contributed by atoms with van der Waals surface area (Å²) in [4.78, 5) is 19.7. The molecule has 17 heavy (non-hydrogen) atoms. The molecule has 0 aliphatic heterocycles. The van der Waals surface area contributed by atoms with Crippen molar-refractivity contribution in [3.8, 4) is 0 Å². The predicted molar refractivity (Wildman–Crippen MR) is 68.2 cm³/mol. The minimum atomic E-state index is -0.0781. The summed E-state index contributed by atoms with van der Waals surface area (Å²) in [5.41, 5.74) is 0.918. The first-order valence-electron chi connectivity index (χ1n) is 5.62. The number of anilines is 2. The quantitative estimate of drug-likeness (QED) is 0.702. The Balaban J connectivity index is 2.87. The highest BCUT2D eigenvalue weighted by Crippen LogP contribution is 2.19. The number of nitrogens with one attached hydrogen (secondary N) is 3. The van der Waals surface area contributed by atoms with Gasteiger partial charge in [0.2, 0.25) is 5.91 Å². The summed E-state index contributed by atoms with van der Waals surface area (Å²) < 4.78 is 0. The molecule has 0 spiro atoms. The summed E-state index contributed by atoms with van der Waals surface area (Å²) in [5.74, 6) is 2.09. The topological polar surface area (TPSA) is 78.9 Å². The molecule has 0 bridgehead atoms. The molecule has 0 unspecified atom stereocenters. The Kier molecular flexibility index (Phi) is 4.68. The van der Waals surface area contributed by atoms with Gasteiger partial charge in [0.25, 0.3) is 0 Å². The Morgan fingerprint density at radius 3 is 2.29 bits per heavy atom. The number of carbonyl (C=O) groups excluding carboxylic acids is 1. The Bertz CT molecular complexity index is 405. The van der Waals surface area contributed by atoms with Crippen molar-refractivity contribution >= 4 is 17.5 Å². The highest BCUT2D eigenvalue weighted by molar-refractivity contribution is 5.80. The average Bonchev–Trinajstić information content (AvgIpc) is 2.31. The van der Waals surface area contributed by atoms with Gasteiger partial charge in [-0.2, -0.15) is 0 Å². The van der Waals surface area contributed by atoms with Gasteiger partial charge in [-0.1, -0.05) is 0 Å². The molecule has 0 aromatic carbocycles. The zero-order valence-corrected chi connectivity index (χ0v) is 10.7. The SMILES string of the molecule is CCNc1nc(C)nc(NCC(=O)NC)c1C. The second-order valence-corrected chi connectivity index (χ2v) is 3.65. The first-order valence-corrected chi connectivity index (χ1v) is 5.62. The summed E-state index contributed by atoms with van der Waals surface area (Å²) in [5, 5.41) is 8.72. The van der Waals surface area contributed by atoms with E-state index in [1.165, 1.54) is 0 Å². The second-order valence-electron chi connectivity index (χ2n) is 3.65. The van der Waals surface area contributed by atoms with E-state index >= 15 is 0 Å². The maximum Gasteiger partial charge on any atom is 0.239 e. The molecule has 6 nitrogen and oxygen atoms in total. The Hall–Kier alpha value is -1.85. The van der Waals surface area contributed by atoms with Crippen LogP contribution >= 0.6 is 0 Å². The van der Waals surface area contributed by atoms with Crippen LogP contribution in [0.5, 0.6) is 0 Å². The molecular weight excluding hydrogens is 218 g/mol. The molecule has 1 rings (SSSR count). The number of rotatable bonds is 5. The number of aryl methyl sites for hydroxylation is 1. The van der Waals surface area contributed by atoms with Crippen LogP contribution in [0.3, 0.4) is 0 Å². The van der Waals surface area contributed by atoms with Crippen molar-refractivity contribution in [2.75, 3.05) is 30.8 Å². The zero-order valence-electron chi connectivity index (χ0n) is 10.7. The fourth-order valence-corrected chi connectivity index (χ4v) is 1.39. The molecule has 0 saturated carbocycles. The van der Waals surface area contributed by atoms with Crippen LogP contribution in [0.25, 0.3) is 0 Å². The first-order chi connectivity index (χ1) is 8.08. The van der Waals surface area contributed by atoms with Gasteiger partial charge in [0.1, 0.15) is 17.5 Å². The van der Waals surface area contributed by atoms with Crippen molar-refractivity contribution in [3.63, 3.8) is 0 Å². The lowest BCUT2D eigenvalue weighted by atomic mass is 10.3. The van der Waals surface area contributed by atoms with Crippen LogP contribution < -0.4 is 16.0 Å². The monoisotopic (exact) mass is 237 g/mol. The third-order valence-electron chi connectivity index (χ3n) is 2.30. The number of hydrogen-bond acceptors (Lipinski definition) is 5. The minimum absolute atomic E-state index is 0.0781. The Morgan fingerprint density at radius 1 is 1.18 bits per heavy atom. The van der Waals surface area contributed by atoms with Crippen LogP contribution in [0.1, 0.15) is 18.3 Å². The lowest BCUT2D eigenvalue weighted by Gasteiger charge is -2.13. The van der Waals surface area contributed by atoms with Crippen molar-refractivity contribution in [1.29, 1.82) is 0 Å². The van der Waals surface area contributed by atoms with Crippen LogP contribution in [-0.2, 0) is 4.79 Å². The second kappa shape index (κ2) is 6.03.